The van der Waals surface area contributed by atoms with Crippen LogP contribution >= 0.6 is 8.60 Å². The van der Waals surface area contributed by atoms with Gasteiger partial charge in [-0.25, -0.2) is 4.68 Å². The third-order valence-electron chi connectivity index (χ3n) is 2.93. The Balaban J connectivity index is 1.99. The first-order chi connectivity index (χ1) is 12.2. The van der Waals surface area contributed by atoms with Crippen molar-refractivity contribution < 1.29 is 37.0 Å². The number of nitrogens with zero attached hydrogens (tertiary/aromatic N) is 4. The molecule has 0 unspecified atom stereocenters. The molecule has 0 spiro atoms. The molecule has 0 radical (unpaired) electrons. The molecule has 0 aliphatic rings. The van der Waals surface area contributed by atoms with Gasteiger partial charge in [-0.1, -0.05) is 0 Å². The lowest BCUT2D eigenvalue weighted by Gasteiger charge is -2.09. The van der Waals surface area contributed by atoms with Crippen molar-refractivity contribution in [3.05, 3.63) is 29.7 Å². The number of aryl methyl sites for hydroxylation is 1. The van der Waals surface area contributed by atoms with Gasteiger partial charge in [-0.15, -0.1) is 0 Å². The maximum absolute atomic E-state index is 12.3. The number of alkyl halides is 3. The molecule has 0 aromatic carbocycles. The fraction of sp³-hybridized carbons (Fsp3) is 0.417. The van der Waals surface area contributed by atoms with Gasteiger partial charge in [0.05, 0.1) is 18.5 Å². The minimum Gasteiger partial charge on any atom is -0.366 e. The number of aromatic nitrogens is 4. The van der Waals surface area contributed by atoms with Crippen LogP contribution in [0.3, 0.4) is 0 Å². The molecule has 10 nitrogen and oxygen atoms in total. The van der Waals surface area contributed by atoms with Crippen molar-refractivity contribution in [2.75, 3.05) is 11.9 Å². The molecule has 144 valence electrons. The normalized spacial score (nSPS) is 12.0. The molecule has 0 aliphatic heterocycles. The van der Waals surface area contributed by atoms with Gasteiger partial charge in [0.2, 0.25) is 0 Å². The fourth-order valence-corrected chi connectivity index (χ4v) is 2.12. The van der Waals surface area contributed by atoms with E-state index in [1.807, 2.05) is 0 Å². The van der Waals surface area contributed by atoms with Crippen LogP contribution < -0.4 is 5.32 Å². The Morgan fingerprint density at radius 1 is 1.42 bits per heavy atom. The Bertz CT molecular complexity index is 748. The number of halogens is 3. The second kappa shape index (κ2) is 8.56. The average Bonchev–Trinajstić information content (AvgIpc) is 3.10. The summed E-state index contributed by atoms with van der Waals surface area (Å²) in [5.41, 5.74) is 0.237. The fourth-order valence-electron chi connectivity index (χ4n) is 1.91. The minimum atomic E-state index is -4.45. The van der Waals surface area contributed by atoms with Gasteiger partial charge in [0, 0.05) is 13.1 Å². The molecule has 1 amide bonds. The van der Waals surface area contributed by atoms with Crippen LogP contribution in [0.4, 0.5) is 19.0 Å². The summed E-state index contributed by atoms with van der Waals surface area (Å²) in [6, 6.07) is 2.74. The number of anilines is 1. The first-order valence-electron chi connectivity index (χ1n) is 6.97. The van der Waals surface area contributed by atoms with Crippen LogP contribution in [0.1, 0.15) is 16.2 Å². The molecular weight excluding hydrogens is 382 g/mol. The van der Waals surface area contributed by atoms with Crippen LogP contribution in [0.2, 0.25) is 0 Å². The molecule has 0 aliphatic carbocycles. The van der Waals surface area contributed by atoms with Crippen LogP contribution in [0, 0.1) is 0 Å². The summed E-state index contributed by atoms with van der Waals surface area (Å²) < 4.78 is 47.7. The van der Waals surface area contributed by atoms with Crippen molar-refractivity contribution in [3.8, 4) is 0 Å². The molecule has 0 bridgehead atoms. The van der Waals surface area contributed by atoms with Crippen molar-refractivity contribution in [3.63, 3.8) is 0 Å². The maximum atomic E-state index is 12.3. The second-order valence-corrected chi connectivity index (χ2v) is 5.70. The quantitative estimate of drug-likeness (QED) is 0.571. The zero-order chi connectivity index (χ0) is 19.3. The third kappa shape index (κ3) is 6.04. The van der Waals surface area contributed by atoms with Gasteiger partial charge in [-0.2, -0.15) is 23.4 Å². The first-order valence-corrected chi connectivity index (χ1v) is 8.13. The van der Waals surface area contributed by atoms with Crippen LogP contribution in [0.5, 0.6) is 0 Å². The zero-order valence-corrected chi connectivity index (χ0v) is 14.2. The van der Waals surface area contributed by atoms with E-state index in [0.29, 0.717) is 0 Å². The number of nitrogens with one attached hydrogen (secondary N) is 1. The van der Waals surface area contributed by atoms with E-state index in [1.54, 1.807) is 0 Å². The lowest BCUT2D eigenvalue weighted by atomic mass is 10.3. The Kier molecular flexibility index (Phi) is 6.67. The summed E-state index contributed by atoms with van der Waals surface area (Å²) >= 11 is 0. The van der Waals surface area contributed by atoms with Gasteiger partial charge >= 0.3 is 14.8 Å². The number of amides is 1. The van der Waals surface area contributed by atoms with Crippen molar-refractivity contribution in [1.82, 2.24) is 19.6 Å². The van der Waals surface area contributed by atoms with Crippen molar-refractivity contribution in [2.45, 2.75) is 19.5 Å². The highest BCUT2D eigenvalue weighted by Gasteiger charge is 2.27. The van der Waals surface area contributed by atoms with E-state index in [1.165, 1.54) is 34.7 Å². The van der Waals surface area contributed by atoms with E-state index in [0.717, 1.165) is 0 Å². The molecule has 2 aromatic heterocycles. The molecule has 2 rings (SSSR count). The highest BCUT2D eigenvalue weighted by atomic mass is 31.2. The lowest BCUT2D eigenvalue weighted by Crippen LogP contribution is -2.19. The van der Waals surface area contributed by atoms with E-state index in [-0.39, 0.29) is 23.9 Å². The van der Waals surface area contributed by atoms with E-state index in [9.17, 15) is 18.0 Å². The number of ether oxygens (including phenoxy) is 1. The highest BCUT2D eigenvalue weighted by molar-refractivity contribution is 7.39. The molecule has 3 N–H and O–H groups in total. The van der Waals surface area contributed by atoms with E-state index in [2.05, 4.69) is 24.8 Å². The average molecular weight is 397 g/mol. The Labute approximate surface area is 146 Å². The number of hydrogen-bond donors (Lipinski definition) is 3. The standard InChI is InChI=1S/C12H15F3N5O5P/c1-19-9(4-8(18-19)5-24-6-12(13,14)15)11(21)17-10-2-3-16-20(10)7-25-26(22)23/h2-4,22-23H,5-7H2,1H3,(H,17,21). The smallest absolute Gasteiger partial charge is 0.366 e. The van der Waals surface area contributed by atoms with Gasteiger partial charge < -0.3 is 19.8 Å². The molecule has 26 heavy (non-hydrogen) atoms. The Morgan fingerprint density at radius 2 is 2.15 bits per heavy atom. The minimum absolute atomic E-state index is 0.0795. The summed E-state index contributed by atoms with van der Waals surface area (Å²) in [4.78, 5) is 29.8. The topological polar surface area (TPSA) is 124 Å². The van der Waals surface area contributed by atoms with Gasteiger partial charge in [0.25, 0.3) is 5.91 Å². The van der Waals surface area contributed by atoms with Crippen molar-refractivity contribution >= 4 is 20.3 Å². The summed E-state index contributed by atoms with van der Waals surface area (Å²) in [5.74, 6) is -0.387. The van der Waals surface area contributed by atoms with Crippen LogP contribution in [0.25, 0.3) is 0 Å². The Hall–Kier alpha value is -2.05. The van der Waals surface area contributed by atoms with Crippen LogP contribution in [-0.2, 0) is 29.6 Å². The SMILES string of the molecule is Cn1nc(COCC(F)(F)F)cc1C(=O)Nc1ccnn1COP(O)O. The number of carbonyl (C=O) groups excluding carboxylic acids is 1. The predicted octanol–water partition coefficient (Wildman–Crippen LogP) is 1.13. The number of hydrogen-bond acceptors (Lipinski definition) is 7. The van der Waals surface area contributed by atoms with Crippen LogP contribution in [-0.4, -0.2) is 48.0 Å². The van der Waals surface area contributed by atoms with Gasteiger partial charge in [0.1, 0.15) is 24.8 Å². The van der Waals surface area contributed by atoms with E-state index in [4.69, 9.17) is 9.79 Å². The maximum Gasteiger partial charge on any atom is 0.411 e. The summed E-state index contributed by atoms with van der Waals surface area (Å²) in [6.45, 7) is -2.12. The van der Waals surface area contributed by atoms with Gasteiger partial charge in [-0.05, 0) is 6.07 Å². The molecule has 2 aromatic rings. The molecule has 0 saturated heterocycles. The second-order valence-electron chi connectivity index (χ2n) is 4.93. The van der Waals surface area contributed by atoms with Crippen molar-refractivity contribution in [2.24, 2.45) is 7.05 Å². The van der Waals surface area contributed by atoms with Crippen molar-refractivity contribution in [1.29, 1.82) is 0 Å². The predicted molar refractivity (Wildman–Crippen MR) is 81.5 cm³/mol. The first kappa shape index (κ1) is 20.3. The third-order valence-corrected chi connectivity index (χ3v) is 3.28. The molecule has 2 heterocycles. The molecule has 0 saturated carbocycles. The Morgan fingerprint density at radius 3 is 2.81 bits per heavy atom. The zero-order valence-electron chi connectivity index (χ0n) is 13.3. The van der Waals surface area contributed by atoms with E-state index < -0.39 is 33.9 Å². The molecular formula is C12H15F3N5O5P. The monoisotopic (exact) mass is 397 g/mol. The van der Waals surface area contributed by atoms with Gasteiger partial charge in [0.15, 0.2) is 0 Å². The summed E-state index contributed by atoms with van der Waals surface area (Å²) in [5, 5.41) is 10.3. The summed E-state index contributed by atoms with van der Waals surface area (Å²) in [7, 11) is -1.13. The number of carbonyl (C=O) groups is 1. The molecule has 14 heteroatoms. The molecule has 0 atom stereocenters. The molecule has 0 fully saturated rings. The lowest BCUT2D eigenvalue weighted by molar-refractivity contribution is -0.176. The highest BCUT2D eigenvalue weighted by Crippen LogP contribution is 2.25. The summed E-state index contributed by atoms with van der Waals surface area (Å²) in [6.07, 6.45) is -3.09. The van der Waals surface area contributed by atoms with Crippen LogP contribution in [0.15, 0.2) is 18.3 Å². The largest absolute Gasteiger partial charge is 0.411 e. The van der Waals surface area contributed by atoms with Gasteiger partial charge in [-0.3, -0.25) is 14.0 Å². The number of rotatable bonds is 8. The van der Waals surface area contributed by atoms with E-state index >= 15 is 0 Å².